The van der Waals surface area contributed by atoms with Crippen LogP contribution in [0.15, 0.2) is 36.2 Å². The van der Waals surface area contributed by atoms with Crippen LogP contribution in [0.1, 0.15) is 54.5 Å². The van der Waals surface area contributed by atoms with Crippen LogP contribution in [0.3, 0.4) is 0 Å². The van der Waals surface area contributed by atoms with Crippen molar-refractivity contribution in [3.63, 3.8) is 0 Å². The number of rotatable bonds is 3. The molecule has 2 aromatic heterocycles. The summed E-state index contributed by atoms with van der Waals surface area (Å²) in [5.41, 5.74) is 9.41. The Bertz CT molecular complexity index is 1460. The van der Waals surface area contributed by atoms with Gasteiger partial charge in [0.2, 0.25) is 0 Å². The van der Waals surface area contributed by atoms with Gasteiger partial charge in [0.05, 0.1) is 12.9 Å². The fraction of sp³-hybridized carbons (Fsp3) is 0.333. The molecule has 1 radical (unpaired) electrons. The summed E-state index contributed by atoms with van der Waals surface area (Å²) in [6, 6.07) is 9.58. The Kier molecular flexibility index (Phi) is 9.10. The molecule has 1 aliphatic carbocycles. The molecule has 0 bridgehead atoms. The minimum atomic E-state index is -0.125. The molecule has 0 atom stereocenters. The Labute approximate surface area is 230 Å². The Morgan fingerprint density at radius 2 is 1.78 bits per heavy atom. The van der Waals surface area contributed by atoms with E-state index in [1.54, 1.807) is 18.2 Å². The number of pyridine rings is 1. The smallest absolute Gasteiger partial charge is 0.155 e. The van der Waals surface area contributed by atoms with Gasteiger partial charge in [-0.2, -0.15) is 0 Å². The number of carbonyl (C=O) groups excluding carboxylic acids is 1. The molecule has 36 heavy (non-hydrogen) atoms. The van der Waals surface area contributed by atoms with E-state index < -0.39 is 0 Å². The van der Waals surface area contributed by atoms with Crippen LogP contribution in [0.2, 0.25) is 0 Å². The first-order valence-corrected chi connectivity index (χ1v) is 12.8. The van der Waals surface area contributed by atoms with Crippen LogP contribution in [-0.4, -0.2) is 23.0 Å². The number of allylic oxidation sites excluding steroid dienone is 2. The molecule has 1 N–H and O–H groups in total. The summed E-state index contributed by atoms with van der Waals surface area (Å²) in [5.74, 6) is 0.775. The summed E-state index contributed by atoms with van der Waals surface area (Å²) in [7, 11) is 1.70. The largest absolute Gasteiger partial charge is 0.540 e. The maximum absolute atomic E-state index is 10.0. The Morgan fingerprint density at radius 1 is 1.11 bits per heavy atom. The van der Waals surface area contributed by atoms with Crippen molar-refractivity contribution in [2.45, 2.75) is 60.3 Å². The molecule has 0 unspecified atom stereocenters. The standard InChI is InChI=1S/C25H24NOS.C5H8O2.Ir/c1-14-13-17(27-4)9-10-18(14)23-25-21(11-12-26-23)22-15(2)19-7-5-6-8-20(19)16(3)24(22)28-25;1-4(6)3-5(2)7;/h9,11-13H,5-8H2,1-4H3;3,6H,1-2H3;/q-1;;/b;4-3-;. The summed E-state index contributed by atoms with van der Waals surface area (Å²) < 4.78 is 8.07. The van der Waals surface area contributed by atoms with Gasteiger partial charge in [-0.3, -0.25) is 4.79 Å². The number of carbonyl (C=O) groups is 1. The molecule has 0 saturated carbocycles. The summed E-state index contributed by atoms with van der Waals surface area (Å²) in [6.45, 7) is 9.60. The third-order valence-corrected chi connectivity index (χ3v) is 8.02. The number of benzene rings is 2. The van der Waals surface area contributed by atoms with Crippen molar-refractivity contribution in [3.05, 3.63) is 70.1 Å². The number of thiophene rings is 1. The normalized spacial score (nSPS) is 13.0. The molecule has 0 aliphatic heterocycles. The predicted octanol–water partition coefficient (Wildman–Crippen LogP) is 7.76. The number of aliphatic hydroxyl groups excluding tert-OH is 1. The van der Waals surface area contributed by atoms with Crippen LogP contribution < -0.4 is 4.74 Å². The second-order valence-electron chi connectivity index (χ2n) is 9.25. The number of aromatic nitrogens is 1. The molecule has 0 saturated heterocycles. The van der Waals surface area contributed by atoms with Crippen LogP contribution in [-0.2, 0) is 37.7 Å². The monoisotopic (exact) mass is 679 g/mol. The SMILES string of the molecule is CC(=O)/C=C(/C)O.COc1c[c-]c(-c2nccc3c2sc2c(C)c4c(c(C)c23)CCCC4)c(C)c1.[Ir]. The van der Waals surface area contributed by atoms with E-state index in [-0.39, 0.29) is 31.6 Å². The number of methoxy groups -OCH3 is 1. The van der Waals surface area contributed by atoms with E-state index in [4.69, 9.17) is 14.8 Å². The molecular formula is C30H32IrNO3S-. The predicted molar refractivity (Wildman–Crippen MR) is 146 cm³/mol. The molecule has 1 aliphatic rings. The van der Waals surface area contributed by atoms with Crippen molar-refractivity contribution in [2.75, 3.05) is 7.11 Å². The van der Waals surface area contributed by atoms with Crippen LogP contribution in [0.25, 0.3) is 31.4 Å². The van der Waals surface area contributed by atoms with Crippen molar-refractivity contribution in [1.82, 2.24) is 4.98 Å². The topological polar surface area (TPSA) is 59.4 Å². The van der Waals surface area contributed by atoms with Gasteiger partial charge < -0.3 is 14.8 Å². The maximum atomic E-state index is 10.0. The van der Waals surface area contributed by atoms with Gasteiger partial charge in [0, 0.05) is 58.6 Å². The van der Waals surface area contributed by atoms with E-state index in [1.807, 2.05) is 23.6 Å². The van der Waals surface area contributed by atoms with E-state index in [1.165, 1.54) is 76.9 Å². The number of fused-ring (bicyclic) bond motifs is 4. The van der Waals surface area contributed by atoms with Gasteiger partial charge in [-0.15, -0.1) is 40.7 Å². The van der Waals surface area contributed by atoms with Crippen molar-refractivity contribution < 1.29 is 34.7 Å². The number of ketones is 1. The third kappa shape index (κ3) is 5.41. The Morgan fingerprint density at radius 3 is 2.33 bits per heavy atom. The van der Waals surface area contributed by atoms with Crippen molar-refractivity contribution >= 4 is 37.3 Å². The molecule has 0 fully saturated rings. The van der Waals surface area contributed by atoms with Gasteiger partial charge in [0.1, 0.15) is 0 Å². The van der Waals surface area contributed by atoms with E-state index >= 15 is 0 Å². The zero-order valence-corrected chi connectivity index (χ0v) is 24.9. The average Bonchev–Trinajstić information content (AvgIpc) is 3.22. The number of aryl methyl sites for hydroxylation is 3. The van der Waals surface area contributed by atoms with Gasteiger partial charge in [-0.05, 0) is 87.1 Å². The zero-order chi connectivity index (χ0) is 25.3. The molecule has 0 amide bonds. The molecule has 2 heterocycles. The van der Waals surface area contributed by atoms with Crippen molar-refractivity contribution in [2.24, 2.45) is 0 Å². The first-order chi connectivity index (χ1) is 16.7. The minimum Gasteiger partial charge on any atom is -0.540 e. The van der Waals surface area contributed by atoms with Crippen LogP contribution in [0.5, 0.6) is 5.75 Å². The number of hydrogen-bond acceptors (Lipinski definition) is 5. The first kappa shape index (κ1) is 28.0. The van der Waals surface area contributed by atoms with Crippen LogP contribution in [0.4, 0.5) is 0 Å². The number of ether oxygens (including phenoxy) is 1. The fourth-order valence-corrected chi connectivity index (χ4v) is 6.49. The molecule has 6 heteroatoms. The second-order valence-corrected chi connectivity index (χ2v) is 10.3. The third-order valence-electron chi connectivity index (χ3n) is 6.69. The summed E-state index contributed by atoms with van der Waals surface area (Å²) in [4.78, 5) is 14.8. The Hall–Kier alpha value is -2.53. The van der Waals surface area contributed by atoms with E-state index in [0.29, 0.717) is 0 Å². The molecular weight excluding hydrogens is 647 g/mol. The van der Waals surface area contributed by atoms with Crippen molar-refractivity contribution in [3.8, 4) is 17.0 Å². The fourth-order valence-electron chi connectivity index (χ4n) is 5.11. The summed E-state index contributed by atoms with van der Waals surface area (Å²) in [6.07, 6.45) is 8.20. The molecule has 2 aromatic carbocycles. The van der Waals surface area contributed by atoms with Gasteiger partial charge in [-0.1, -0.05) is 6.92 Å². The number of hydrogen-bond donors (Lipinski definition) is 1. The quantitative estimate of drug-likeness (QED) is 0.137. The van der Waals surface area contributed by atoms with Gasteiger partial charge in [0.15, 0.2) is 5.78 Å². The first-order valence-electron chi connectivity index (χ1n) is 12.0. The minimum absolute atomic E-state index is 0. The van der Waals surface area contributed by atoms with Gasteiger partial charge in [0.25, 0.3) is 0 Å². The summed E-state index contributed by atoms with van der Waals surface area (Å²) in [5, 5.41) is 11.1. The van der Waals surface area contributed by atoms with Gasteiger partial charge >= 0.3 is 0 Å². The average molecular weight is 679 g/mol. The molecule has 5 rings (SSSR count). The van der Waals surface area contributed by atoms with Crippen molar-refractivity contribution in [1.29, 1.82) is 0 Å². The van der Waals surface area contributed by atoms with Crippen LogP contribution in [0, 0.1) is 26.8 Å². The summed E-state index contributed by atoms with van der Waals surface area (Å²) >= 11 is 1.90. The number of nitrogens with zero attached hydrogens (tertiary/aromatic N) is 1. The molecule has 4 aromatic rings. The maximum Gasteiger partial charge on any atom is 0.155 e. The molecule has 4 nitrogen and oxygen atoms in total. The van der Waals surface area contributed by atoms with E-state index in [2.05, 4.69) is 39.0 Å². The van der Waals surface area contributed by atoms with Crippen LogP contribution >= 0.6 is 11.3 Å². The van der Waals surface area contributed by atoms with E-state index in [0.717, 1.165) is 22.6 Å². The number of aliphatic hydroxyl groups is 1. The zero-order valence-electron chi connectivity index (χ0n) is 21.7. The second kappa shape index (κ2) is 11.7. The Balaban J connectivity index is 0.000000400. The molecule has 0 spiro atoms. The van der Waals surface area contributed by atoms with E-state index in [9.17, 15) is 4.79 Å². The molecule has 191 valence electrons. The van der Waals surface area contributed by atoms with Gasteiger partial charge in [-0.25, -0.2) is 0 Å².